The Hall–Kier alpha value is -1.82. The predicted molar refractivity (Wildman–Crippen MR) is 275 cm³/mol. The lowest BCUT2D eigenvalue weighted by Crippen LogP contribution is -2.44. The van der Waals surface area contributed by atoms with Crippen molar-refractivity contribution < 1.29 is 23.8 Å². The fraction of sp³-hybridized carbons (Fsp3) is 0.828. The van der Waals surface area contributed by atoms with Crippen LogP contribution in [0.5, 0.6) is 0 Å². The van der Waals surface area contributed by atoms with E-state index in [1.54, 1.807) is 0 Å². The Morgan fingerprint density at radius 1 is 0.286 bits per heavy atom. The first-order valence-corrected chi connectivity index (χ1v) is 27.6. The van der Waals surface area contributed by atoms with Crippen molar-refractivity contribution in [2.45, 2.75) is 296 Å². The van der Waals surface area contributed by atoms with E-state index in [9.17, 15) is 9.59 Å². The van der Waals surface area contributed by atoms with Gasteiger partial charge in [0.05, 0.1) is 13.2 Å². The molecule has 0 aliphatic carbocycles. The van der Waals surface area contributed by atoms with Gasteiger partial charge in [0.15, 0.2) is 0 Å². The van der Waals surface area contributed by atoms with Crippen LogP contribution in [0.4, 0.5) is 0 Å². The van der Waals surface area contributed by atoms with Crippen molar-refractivity contribution in [1.82, 2.24) is 0 Å². The van der Waals surface area contributed by atoms with Gasteiger partial charge in [-0.25, -0.2) is 0 Å². The quantitative estimate of drug-likeness (QED) is 0.0264. The minimum atomic E-state index is -1.07. The van der Waals surface area contributed by atoms with Gasteiger partial charge < -0.3 is 23.8 Å². The zero-order valence-corrected chi connectivity index (χ0v) is 42.5. The largest absolute Gasteiger partial charge is 0.343 e. The summed E-state index contributed by atoms with van der Waals surface area (Å²) in [5.41, 5.74) is 0. The SMILES string of the molecule is CCCCCCCC=CC(C=CCCCCCCCC=O)(OCCCCCCCCC)OC(C=CCCCCCCC)(C=CCCCCCCCC=O)OCCCCCCCCC. The maximum atomic E-state index is 10.8. The number of ether oxygens (including phenoxy) is 3. The highest BCUT2D eigenvalue weighted by Crippen LogP contribution is 2.32. The van der Waals surface area contributed by atoms with Crippen LogP contribution in [-0.4, -0.2) is 37.4 Å². The van der Waals surface area contributed by atoms with Crippen molar-refractivity contribution in [2.24, 2.45) is 0 Å². The lowest BCUT2D eigenvalue weighted by molar-refractivity contribution is -0.285. The van der Waals surface area contributed by atoms with Gasteiger partial charge in [0.25, 0.3) is 0 Å². The average molecular weight is 883 g/mol. The maximum Gasteiger partial charge on any atom is 0.211 e. The smallest absolute Gasteiger partial charge is 0.211 e. The number of rotatable bonds is 52. The summed E-state index contributed by atoms with van der Waals surface area (Å²) in [5, 5.41) is 0. The highest BCUT2D eigenvalue weighted by molar-refractivity contribution is 5.49. The van der Waals surface area contributed by atoms with E-state index in [0.29, 0.717) is 26.1 Å². The second-order valence-electron chi connectivity index (χ2n) is 18.5. The second kappa shape index (κ2) is 49.6. The van der Waals surface area contributed by atoms with Crippen LogP contribution < -0.4 is 0 Å². The van der Waals surface area contributed by atoms with E-state index in [4.69, 9.17) is 14.2 Å². The van der Waals surface area contributed by atoms with Gasteiger partial charge >= 0.3 is 0 Å². The fourth-order valence-corrected chi connectivity index (χ4v) is 8.09. The van der Waals surface area contributed by atoms with Gasteiger partial charge in [-0.2, -0.15) is 0 Å². The Labute approximate surface area is 392 Å². The van der Waals surface area contributed by atoms with E-state index in [-0.39, 0.29) is 0 Å². The number of hydrogen-bond donors (Lipinski definition) is 0. The lowest BCUT2D eigenvalue weighted by Gasteiger charge is -2.38. The Kier molecular flexibility index (Phi) is 48.2. The van der Waals surface area contributed by atoms with Gasteiger partial charge in [-0.3, -0.25) is 0 Å². The molecule has 0 rings (SSSR count). The Morgan fingerprint density at radius 2 is 0.508 bits per heavy atom. The van der Waals surface area contributed by atoms with Crippen LogP contribution in [0, 0.1) is 0 Å². The summed E-state index contributed by atoms with van der Waals surface area (Å²) in [5.74, 6) is -2.13. The summed E-state index contributed by atoms with van der Waals surface area (Å²) in [6.45, 7) is 10.4. The van der Waals surface area contributed by atoms with Crippen molar-refractivity contribution in [3.63, 3.8) is 0 Å². The average Bonchev–Trinajstić information content (AvgIpc) is 3.29. The molecular formula is C58H106O5. The van der Waals surface area contributed by atoms with Gasteiger partial charge in [-0.15, -0.1) is 0 Å². The van der Waals surface area contributed by atoms with E-state index in [0.717, 1.165) is 102 Å². The van der Waals surface area contributed by atoms with Crippen LogP contribution in [0.3, 0.4) is 0 Å². The van der Waals surface area contributed by atoms with Crippen molar-refractivity contribution in [3.8, 4) is 0 Å². The van der Waals surface area contributed by atoms with Crippen molar-refractivity contribution in [3.05, 3.63) is 48.6 Å². The van der Waals surface area contributed by atoms with E-state index in [1.807, 2.05) is 0 Å². The first-order valence-electron chi connectivity index (χ1n) is 27.6. The summed E-state index contributed by atoms with van der Waals surface area (Å²) >= 11 is 0. The molecule has 0 saturated carbocycles. The molecule has 5 heteroatoms. The van der Waals surface area contributed by atoms with E-state index >= 15 is 0 Å². The lowest BCUT2D eigenvalue weighted by atomic mass is 10.1. The number of allylic oxidation sites excluding steroid dienone is 4. The Morgan fingerprint density at radius 3 is 0.762 bits per heavy atom. The number of carbonyl (C=O) groups excluding carboxylic acids is 2. The Bertz CT molecular complexity index is 981. The Balaban J connectivity index is 6.85. The standard InChI is InChI=1S/C58H106O5/c1-5-9-13-17-25-33-41-49-57(61-55-47-39-31-19-15-11-7-3,51-43-35-27-21-23-29-37-45-53-59)63-58(50-42-34-26-18-14-10-6-2,62-56-48-40-32-20-16-12-8-4)52-44-36-28-22-24-30-38-46-54-60/h41-44,49-54H,5-40,45-48,55-56H2,1-4H3. The number of carbonyl (C=O) groups is 2. The molecule has 0 spiro atoms. The molecule has 63 heavy (non-hydrogen) atoms. The first-order chi connectivity index (χ1) is 31.1. The molecule has 5 nitrogen and oxygen atoms in total. The molecule has 368 valence electrons. The van der Waals surface area contributed by atoms with E-state index < -0.39 is 11.6 Å². The molecule has 0 aromatic rings. The van der Waals surface area contributed by atoms with Crippen molar-refractivity contribution in [2.75, 3.05) is 13.2 Å². The van der Waals surface area contributed by atoms with Gasteiger partial charge in [-0.1, -0.05) is 219 Å². The summed E-state index contributed by atoms with van der Waals surface area (Å²) in [7, 11) is 0. The maximum absolute atomic E-state index is 10.8. The normalized spacial score (nSPS) is 14.2. The molecule has 0 N–H and O–H groups in total. The van der Waals surface area contributed by atoms with E-state index in [1.165, 1.54) is 154 Å². The van der Waals surface area contributed by atoms with Crippen LogP contribution >= 0.6 is 0 Å². The molecule has 0 amide bonds. The van der Waals surface area contributed by atoms with Crippen LogP contribution in [0.2, 0.25) is 0 Å². The third-order valence-electron chi connectivity index (χ3n) is 12.2. The van der Waals surface area contributed by atoms with Crippen LogP contribution in [0.15, 0.2) is 48.6 Å². The molecule has 2 atom stereocenters. The summed E-state index contributed by atoms with van der Waals surface area (Å²) in [4.78, 5) is 21.6. The third kappa shape index (κ3) is 41.4. The van der Waals surface area contributed by atoms with Crippen molar-refractivity contribution in [1.29, 1.82) is 0 Å². The minimum absolute atomic E-state index is 0.637. The molecule has 0 saturated heterocycles. The van der Waals surface area contributed by atoms with Crippen LogP contribution in [0.25, 0.3) is 0 Å². The predicted octanol–water partition coefficient (Wildman–Crippen LogP) is 18.7. The molecule has 0 aromatic heterocycles. The van der Waals surface area contributed by atoms with Crippen LogP contribution in [-0.2, 0) is 23.8 Å². The van der Waals surface area contributed by atoms with E-state index in [2.05, 4.69) is 76.3 Å². The van der Waals surface area contributed by atoms with Crippen molar-refractivity contribution >= 4 is 12.6 Å². The fourth-order valence-electron chi connectivity index (χ4n) is 8.09. The number of aldehydes is 2. The monoisotopic (exact) mass is 883 g/mol. The zero-order valence-electron chi connectivity index (χ0n) is 42.5. The number of unbranched alkanes of at least 4 members (excludes halogenated alkanes) is 34. The summed E-state index contributed by atoms with van der Waals surface area (Å²) in [6, 6.07) is 0. The summed E-state index contributed by atoms with van der Waals surface area (Å²) < 4.78 is 21.7. The topological polar surface area (TPSA) is 61.8 Å². The molecule has 0 bridgehead atoms. The van der Waals surface area contributed by atoms with Crippen LogP contribution in [0.1, 0.15) is 285 Å². The zero-order chi connectivity index (χ0) is 45.9. The second-order valence-corrected chi connectivity index (χ2v) is 18.5. The molecule has 0 radical (unpaired) electrons. The molecule has 0 heterocycles. The molecular weight excluding hydrogens is 777 g/mol. The van der Waals surface area contributed by atoms with Gasteiger partial charge in [-0.05, 0) is 101 Å². The molecule has 0 fully saturated rings. The summed E-state index contributed by atoms with van der Waals surface area (Å²) in [6.07, 6.45) is 66.4. The van der Waals surface area contributed by atoms with Gasteiger partial charge in [0.1, 0.15) is 12.6 Å². The minimum Gasteiger partial charge on any atom is -0.343 e. The van der Waals surface area contributed by atoms with Gasteiger partial charge in [0, 0.05) is 12.8 Å². The van der Waals surface area contributed by atoms with Gasteiger partial charge in [0.2, 0.25) is 11.6 Å². The number of hydrogen-bond acceptors (Lipinski definition) is 5. The first kappa shape index (κ1) is 61.2. The molecule has 0 aromatic carbocycles. The molecule has 0 aliphatic heterocycles. The highest BCUT2D eigenvalue weighted by atomic mass is 16.8. The molecule has 2 unspecified atom stereocenters. The highest BCUT2D eigenvalue weighted by Gasteiger charge is 2.38. The third-order valence-corrected chi connectivity index (χ3v) is 12.2. The molecule has 0 aliphatic rings.